The van der Waals surface area contributed by atoms with E-state index in [0.29, 0.717) is 18.7 Å². The van der Waals surface area contributed by atoms with E-state index in [1.165, 1.54) is 0 Å². The molecule has 0 unspecified atom stereocenters. The zero-order valence-electron chi connectivity index (χ0n) is 15.8. The Morgan fingerprint density at radius 3 is 2.48 bits per heavy atom. The molecule has 6 heteroatoms. The predicted octanol–water partition coefficient (Wildman–Crippen LogP) is 4.12. The number of amides is 1. The van der Waals surface area contributed by atoms with Crippen molar-refractivity contribution < 1.29 is 14.0 Å². The number of benzene rings is 1. The maximum atomic E-state index is 11.2. The zero-order valence-corrected chi connectivity index (χ0v) is 16.8. The lowest BCUT2D eigenvalue weighted by Gasteiger charge is -2.36. The van der Waals surface area contributed by atoms with Crippen molar-refractivity contribution in [3.63, 3.8) is 0 Å². The molecule has 0 aliphatic carbocycles. The van der Waals surface area contributed by atoms with Gasteiger partial charge in [-0.25, -0.2) is 4.98 Å². The number of primary amides is 1. The number of nitrogens with zero attached hydrogens (tertiary/aromatic N) is 1. The van der Waals surface area contributed by atoms with Gasteiger partial charge < -0.3 is 14.9 Å². The Balaban J connectivity index is 1.90. The maximum absolute atomic E-state index is 11.2. The van der Waals surface area contributed by atoms with Gasteiger partial charge in [-0.1, -0.05) is 26.8 Å². The normalized spacial score (nSPS) is 12.4. The fraction of sp³-hybridized carbons (Fsp3) is 0.474. The number of pyridine rings is 1. The SMILES string of the molecule is CC(C)(C)[Si](C)(C)OCCCOc1ccc2ccc(C(N)=O)nc2c1. The van der Waals surface area contributed by atoms with Gasteiger partial charge in [0.25, 0.3) is 5.91 Å². The Morgan fingerprint density at radius 2 is 1.84 bits per heavy atom. The summed E-state index contributed by atoms with van der Waals surface area (Å²) in [7, 11) is -1.70. The van der Waals surface area contributed by atoms with Crippen molar-refractivity contribution in [1.82, 2.24) is 4.98 Å². The van der Waals surface area contributed by atoms with Gasteiger partial charge in [0.05, 0.1) is 12.1 Å². The van der Waals surface area contributed by atoms with Crippen molar-refractivity contribution in [2.24, 2.45) is 5.73 Å². The third-order valence-corrected chi connectivity index (χ3v) is 9.28. The highest BCUT2D eigenvalue weighted by Gasteiger charge is 2.36. The van der Waals surface area contributed by atoms with Crippen molar-refractivity contribution in [3.8, 4) is 5.75 Å². The second kappa shape index (κ2) is 7.54. The summed E-state index contributed by atoms with van der Waals surface area (Å²) >= 11 is 0. The number of nitrogens with two attached hydrogens (primary N) is 1. The van der Waals surface area contributed by atoms with Gasteiger partial charge in [-0.15, -0.1) is 0 Å². The Morgan fingerprint density at radius 1 is 1.16 bits per heavy atom. The molecule has 5 nitrogen and oxygen atoms in total. The molecule has 0 saturated carbocycles. The Kier molecular flexibility index (Phi) is 5.85. The molecule has 0 saturated heterocycles. The van der Waals surface area contributed by atoms with Gasteiger partial charge in [-0.05, 0) is 36.3 Å². The first kappa shape index (κ1) is 19.4. The molecule has 1 aromatic heterocycles. The largest absolute Gasteiger partial charge is 0.493 e. The molecule has 0 atom stereocenters. The van der Waals surface area contributed by atoms with Gasteiger partial charge in [0.2, 0.25) is 0 Å². The number of ether oxygens (including phenoxy) is 1. The summed E-state index contributed by atoms with van der Waals surface area (Å²) in [5, 5.41) is 1.16. The highest BCUT2D eigenvalue weighted by molar-refractivity contribution is 6.74. The van der Waals surface area contributed by atoms with Gasteiger partial charge in [0, 0.05) is 24.5 Å². The zero-order chi connectivity index (χ0) is 18.7. The standard InChI is InChI=1S/C19H28N2O3Si/c1-19(2,3)25(4,5)24-12-6-11-23-15-9-7-14-8-10-16(18(20)22)21-17(14)13-15/h7-10,13H,6,11-12H2,1-5H3,(H2,20,22). The van der Waals surface area contributed by atoms with Crippen molar-refractivity contribution >= 4 is 25.1 Å². The first-order valence-corrected chi connectivity index (χ1v) is 11.5. The predicted molar refractivity (Wildman–Crippen MR) is 104 cm³/mol. The van der Waals surface area contributed by atoms with E-state index in [1.54, 1.807) is 6.07 Å². The first-order chi connectivity index (χ1) is 11.6. The van der Waals surface area contributed by atoms with Crippen LogP contribution in [0.4, 0.5) is 0 Å². The quantitative estimate of drug-likeness (QED) is 0.595. The van der Waals surface area contributed by atoms with E-state index in [4.69, 9.17) is 14.9 Å². The third kappa shape index (κ3) is 5.03. The van der Waals surface area contributed by atoms with Gasteiger partial charge in [0.15, 0.2) is 8.32 Å². The summed E-state index contributed by atoms with van der Waals surface area (Å²) in [6, 6.07) is 9.12. The minimum Gasteiger partial charge on any atom is -0.493 e. The summed E-state index contributed by atoms with van der Waals surface area (Å²) in [5.74, 6) is 0.199. The average Bonchev–Trinajstić information content (AvgIpc) is 2.52. The maximum Gasteiger partial charge on any atom is 0.267 e. The summed E-state index contributed by atoms with van der Waals surface area (Å²) < 4.78 is 11.9. The smallest absolute Gasteiger partial charge is 0.267 e. The molecule has 2 aromatic rings. The summed E-state index contributed by atoms with van der Waals surface area (Å²) in [6.45, 7) is 12.5. The van der Waals surface area contributed by atoms with Crippen LogP contribution in [0.2, 0.25) is 18.1 Å². The van der Waals surface area contributed by atoms with E-state index in [2.05, 4.69) is 38.8 Å². The lowest BCUT2D eigenvalue weighted by atomic mass is 10.2. The topological polar surface area (TPSA) is 74.4 Å². The second-order valence-electron chi connectivity index (χ2n) is 7.73. The molecule has 0 spiro atoms. The number of fused-ring (bicyclic) bond motifs is 1. The highest BCUT2D eigenvalue weighted by atomic mass is 28.4. The van der Waals surface area contributed by atoms with Crippen LogP contribution in [0, 0.1) is 0 Å². The van der Waals surface area contributed by atoms with Crippen molar-refractivity contribution in [2.45, 2.75) is 45.3 Å². The fourth-order valence-corrected chi connectivity index (χ4v) is 3.20. The minimum atomic E-state index is -1.70. The van der Waals surface area contributed by atoms with E-state index in [9.17, 15) is 4.79 Å². The van der Waals surface area contributed by atoms with Crippen molar-refractivity contribution in [1.29, 1.82) is 0 Å². The Labute approximate surface area is 150 Å². The molecule has 0 aliphatic heterocycles. The molecule has 1 heterocycles. The van der Waals surface area contributed by atoms with E-state index < -0.39 is 14.2 Å². The third-order valence-electron chi connectivity index (χ3n) is 4.74. The van der Waals surface area contributed by atoms with Gasteiger partial charge in [0.1, 0.15) is 11.4 Å². The molecule has 2 N–H and O–H groups in total. The average molecular weight is 361 g/mol. The molecule has 0 fully saturated rings. The number of carbonyl (C=O) groups is 1. The van der Waals surface area contributed by atoms with Gasteiger partial charge in [-0.2, -0.15) is 0 Å². The Hall–Kier alpha value is -1.92. The van der Waals surface area contributed by atoms with Crippen LogP contribution in [0.5, 0.6) is 5.75 Å². The summed E-state index contributed by atoms with van der Waals surface area (Å²) in [6.07, 6.45) is 0.833. The lowest BCUT2D eigenvalue weighted by Crippen LogP contribution is -2.41. The van der Waals surface area contributed by atoms with Crippen LogP contribution in [0.3, 0.4) is 0 Å². The van der Waals surface area contributed by atoms with E-state index >= 15 is 0 Å². The second-order valence-corrected chi connectivity index (χ2v) is 12.5. The Bertz CT molecular complexity index is 754. The van der Waals surface area contributed by atoms with E-state index in [0.717, 1.165) is 17.6 Å². The van der Waals surface area contributed by atoms with Crippen LogP contribution in [0.15, 0.2) is 30.3 Å². The molecule has 0 bridgehead atoms. The summed E-state index contributed by atoms with van der Waals surface area (Å²) in [4.78, 5) is 15.5. The molecular formula is C19H28N2O3Si. The highest BCUT2D eigenvalue weighted by Crippen LogP contribution is 2.36. The number of hydrogen-bond acceptors (Lipinski definition) is 4. The van der Waals surface area contributed by atoms with Crippen LogP contribution < -0.4 is 10.5 Å². The summed E-state index contributed by atoms with van der Waals surface area (Å²) in [5.41, 5.74) is 6.24. The van der Waals surface area contributed by atoms with Gasteiger partial charge >= 0.3 is 0 Å². The van der Waals surface area contributed by atoms with Gasteiger partial charge in [-0.3, -0.25) is 4.79 Å². The number of hydrogen-bond donors (Lipinski definition) is 1. The van der Waals surface area contributed by atoms with Crippen LogP contribution in [0.25, 0.3) is 10.9 Å². The molecule has 1 amide bonds. The molecule has 1 aromatic carbocycles. The number of carbonyl (C=O) groups excluding carboxylic acids is 1. The van der Waals surface area contributed by atoms with Crippen molar-refractivity contribution in [2.75, 3.05) is 13.2 Å². The van der Waals surface area contributed by atoms with Crippen LogP contribution in [-0.4, -0.2) is 32.4 Å². The first-order valence-electron chi connectivity index (χ1n) is 8.57. The molecule has 136 valence electrons. The van der Waals surface area contributed by atoms with Crippen molar-refractivity contribution in [3.05, 3.63) is 36.0 Å². The lowest BCUT2D eigenvalue weighted by molar-refractivity contribution is 0.0996. The molecular weight excluding hydrogens is 332 g/mol. The van der Waals surface area contributed by atoms with Crippen LogP contribution >= 0.6 is 0 Å². The van der Waals surface area contributed by atoms with Crippen LogP contribution in [0.1, 0.15) is 37.7 Å². The van der Waals surface area contributed by atoms with E-state index in [1.807, 2.05) is 24.3 Å². The van der Waals surface area contributed by atoms with Crippen LogP contribution in [-0.2, 0) is 4.43 Å². The van der Waals surface area contributed by atoms with E-state index in [-0.39, 0.29) is 10.7 Å². The monoisotopic (exact) mass is 360 g/mol. The molecule has 2 rings (SSSR count). The molecule has 25 heavy (non-hydrogen) atoms. The molecule has 0 radical (unpaired) electrons. The minimum absolute atomic E-state index is 0.218. The molecule has 0 aliphatic rings. The number of aromatic nitrogens is 1. The number of rotatable bonds is 7. The fourth-order valence-electron chi connectivity index (χ4n) is 2.12.